The normalized spacial score (nSPS) is 12.1. The van der Waals surface area contributed by atoms with Crippen LogP contribution in [0.4, 0.5) is 0 Å². The summed E-state index contributed by atoms with van der Waals surface area (Å²) in [7, 11) is 1.65. The minimum absolute atomic E-state index is 0.0830. The minimum Gasteiger partial charge on any atom is -0.491 e. The summed E-state index contributed by atoms with van der Waals surface area (Å²) >= 11 is 7.77. The number of carbonyl (C=O) groups is 1. The zero-order valence-corrected chi connectivity index (χ0v) is 17.9. The topological polar surface area (TPSA) is 52.8 Å². The van der Waals surface area contributed by atoms with E-state index < -0.39 is 0 Å². The summed E-state index contributed by atoms with van der Waals surface area (Å²) in [5, 5.41) is 0.690. The van der Waals surface area contributed by atoms with E-state index >= 15 is 0 Å². The van der Waals surface area contributed by atoms with E-state index in [9.17, 15) is 4.79 Å². The number of ether oxygens (including phenoxy) is 2. The van der Waals surface area contributed by atoms with Crippen molar-refractivity contribution in [2.24, 2.45) is 4.99 Å². The molecule has 1 heterocycles. The van der Waals surface area contributed by atoms with Crippen molar-refractivity contribution in [3.63, 3.8) is 0 Å². The average Bonchev–Trinajstić information content (AvgIpc) is 3.01. The van der Waals surface area contributed by atoms with Gasteiger partial charge in [0.05, 0.1) is 22.9 Å². The molecule has 148 valence electrons. The van der Waals surface area contributed by atoms with Gasteiger partial charge in [-0.05, 0) is 62.7 Å². The van der Waals surface area contributed by atoms with Gasteiger partial charge in [0.2, 0.25) is 0 Å². The molecule has 3 aromatic rings. The van der Waals surface area contributed by atoms with Crippen LogP contribution in [0.2, 0.25) is 5.02 Å². The first-order chi connectivity index (χ1) is 13.4. The third kappa shape index (κ3) is 4.46. The van der Waals surface area contributed by atoms with Crippen molar-refractivity contribution in [3.05, 3.63) is 57.3 Å². The second-order valence-electron chi connectivity index (χ2n) is 6.66. The maximum atomic E-state index is 12.7. The van der Waals surface area contributed by atoms with Crippen LogP contribution in [-0.4, -0.2) is 30.3 Å². The van der Waals surface area contributed by atoms with Crippen LogP contribution in [-0.2, 0) is 11.3 Å². The van der Waals surface area contributed by atoms with E-state index in [4.69, 9.17) is 21.1 Å². The summed E-state index contributed by atoms with van der Waals surface area (Å²) < 4.78 is 13.9. The third-order valence-electron chi connectivity index (χ3n) is 4.22. The number of methoxy groups -OCH3 is 1. The zero-order chi connectivity index (χ0) is 20.3. The van der Waals surface area contributed by atoms with Gasteiger partial charge in [-0.2, -0.15) is 4.99 Å². The van der Waals surface area contributed by atoms with Crippen LogP contribution < -0.4 is 9.54 Å². The molecule has 0 aliphatic heterocycles. The molecule has 0 saturated carbocycles. The molecule has 28 heavy (non-hydrogen) atoms. The number of hydrogen-bond donors (Lipinski definition) is 0. The molecule has 0 saturated heterocycles. The number of halogens is 1. The number of hydrogen-bond acceptors (Lipinski definition) is 4. The summed E-state index contributed by atoms with van der Waals surface area (Å²) in [6.45, 7) is 7.00. The molecule has 5 nitrogen and oxygen atoms in total. The van der Waals surface area contributed by atoms with Gasteiger partial charge in [0, 0.05) is 24.2 Å². The number of amides is 1. The Hall–Kier alpha value is -2.15. The fourth-order valence-corrected chi connectivity index (χ4v) is 4.16. The van der Waals surface area contributed by atoms with Crippen molar-refractivity contribution in [2.45, 2.75) is 33.4 Å². The highest BCUT2D eigenvalue weighted by Crippen LogP contribution is 2.27. The van der Waals surface area contributed by atoms with Crippen LogP contribution in [0.3, 0.4) is 0 Å². The summed E-state index contributed by atoms with van der Waals surface area (Å²) in [4.78, 5) is 17.7. The van der Waals surface area contributed by atoms with Gasteiger partial charge in [0.25, 0.3) is 5.91 Å². The van der Waals surface area contributed by atoms with Gasteiger partial charge in [-0.25, -0.2) is 0 Å². The van der Waals surface area contributed by atoms with Crippen LogP contribution in [0.5, 0.6) is 5.75 Å². The van der Waals surface area contributed by atoms with E-state index in [0.29, 0.717) is 28.5 Å². The number of nitrogens with zero attached hydrogens (tertiary/aromatic N) is 2. The van der Waals surface area contributed by atoms with E-state index in [-0.39, 0.29) is 12.0 Å². The summed E-state index contributed by atoms with van der Waals surface area (Å²) in [6.07, 6.45) is 0.0830. The molecule has 0 fully saturated rings. The van der Waals surface area contributed by atoms with Gasteiger partial charge in [-0.3, -0.25) is 4.79 Å². The average molecular weight is 419 g/mol. The molecule has 2 aromatic carbocycles. The molecule has 0 radical (unpaired) electrons. The zero-order valence-electron chi connectivity index (χ0n) is 16.4. The van der Waals surface area contributed by atoms with E-state index in [1.807, 2.05) is 37.5 Å². The maximum absolute atomic E-state index is 12.7. The molecule has 0 unspecified atom stereocenters. The van der Waals surface area contributed by atoms with Gasteiger partial charge in [0.15, 0.2) is 4.80 Å². The Labute approximate surface area is 173 Å². The number of rotatable bonds is 6. The molecule has 7 heteroatoms. The van der Waals surface area contributed by atoms with Crippen LogP contribution >= 0.6 is 22.9 Å². The molecule has 0 atom stereocenters. The molecule has 0 bridgehead atoms. The van der Waals surface area contributed by atoms with Gasteiger partial charge in [-0.15, -0.1) is 0 Å². The van der Waals surface area contributed by atoms with Gasteiger partial charge in [0.1, 0.15) is 5.75 Å². The van der Waals surface area contributed by atoms with E-state index in [1.54, 1.807) is 31.4 Å². The van der Waals surface area contributed by atoms with Crippen LogP contribution in [0.15, 0.2) is 41.4 Å². The summed E-state index contributed by atoms with van der Waals surface area (Å²) in [6, 6.07) is 10.9. The molecular weight excluding hydrogens is 396 g/mol. The van der Waals surface area contributed by atoms with Crippen molar-refractivity contribution >= 4 is 39.1 Å². The molecule has 0 aliphatic rings. The predicted molar refractivity (Wildman–Crippen MR) is 114 cm³/mol. The molecule has 1 amide bonds. The molecular formula is C21H23ClN2O3S. The third-order valence-corrected chi connectivity index (χ3v) is 5.67. The van der Waals surface area contributed by atoms with E-state index in [1.165, 1.54) is 11.3 Å². The first kappa shape index (κ1) is 20.6. The Morgan fingerprint density at radius 2 is 1.93 bits per heavy atom. The van der Waals surface area contributed by atoms with Crippen LogP contribution in [0, 0.1) is 6.92 Å². The molecule has 0 N–H and O–H groups in total. The van der Waals surface area contributed by atoms with Crippen LogP contribution in [0.25, 0.3) is 10.2 Å². The Bertz CT molecular complexity index is 1050. The molecule has 0 aliphatic carbocycles. The van der Waals surface area contributed by atoms with Gasteiger partial charge < -0.3 is 14.0 Å². The molecule has 1 aromatic heterocycles. The minimum atomic E-state index is -0.294. The molecule has 0 spiro atoms. The van der Waals surface area contributed by atoms with Crippen LogP contribution in [0.1, 0.15) is 29.8 Å². The lowest BCUT2D eigenvalue weighted by molar-refractivity contribution is 0.0997. The van der Waals surface area contributed by atoms with E-state index in [0.717, 1.165) is 21.5 Å². The second-order valence-corrected chi connectivity index (χ2v) is 8.07. The quantitative estimate of drug-likeness (QED) is 0.575. The van der Waals surface area contributed by atoms with Crippen molar-refractivity contribution in [1.82, 2.24) is 4.57 Å². The number of thiazole rings is 1. The van der Waals surface area contributed by atoms with E-state index in [2.05, 4.69) is 4.99 Å². The lowest BCUT2D eigenvalue weighted by Gasteiger charge is -2.09. The second kappa shape index (κ2) is 8.90. The Balaban J connectivity index is 2.02. The standard InChI is InChI=1S/C21H23ClN2O3S/c1-13(2)27-16-7-5-15(6-8-16)20(25)23-21-24(11-12-26-4)19-14(3)17(22)9-10-18(19)28-21/h5-10,13H,11-12H2,1-4H3. The number of carbonyl (C=O) groups excluding carboxylic acids is 1. The highest BCUT2D eigenvalue weighted by molar-refractivity contribution is 7.16. The predicted octanol–water partition coefficient (Wildman–Crippen LogP) is 4.84. The van der Waals surface area contributed by atoms with Gasteiger partial charge in [-0.1, -0.05) is 22.9 Å². The SMILES string of the molecule is COCCn1c(=NC(=O)c2ccc(OC(C)C)cc2)sc2ccc(Cl)c(C)c21. The van der Waals surface area contributed by atoms with Crippen molar-refractivity contribution < 1.29 is 14.3 Å². The Morgan fingerprint density at radius 1 is 1.21 bits per heavy atom. The largest absolute Gasteiger partial charge is 0.491 e. The Morgan fingerprint density at radius 3 is 2.57 bits per heavy atom. The number of aryl methyl sites for hydroxylation is 1. The summed E-state index contributed by atoms with van der Waals surface area (Å²) in [5.74, 6) is 0.436. The monoisotopic (exact) mass is 418 g/mol. The highest BCUT2D eigenvalue weighted by atomic mass is 35.5. The van der Waals surface area contributed by atoms with Gasteiger partial charge >= 0.3 is 0 Å². The number of benzene rings is 2. The van der Waals surface area contributed by atoms with Crippen molar-refractivity contribution in [2.75, 3.05) is 13.7 Å². The lowest BCUT2D eigenvalue weighted by atomic mass is 10.2. The molecule has 3 rings (SSSR count). The van der Waals surface area contributed by atoms with Crippen molar-refractivity contribution in [1.29, 1.82) is 0 Å². The smallest absolute Gasteiger partial charge is 0.279 e. The lowest BCUT2D eigenvalue weighted by Crippen LogP contribution is -2.19. The fraction of sp³-hybridized carbons (Fsp3) is 0.333. The summed E-state index contributed by atoms with van der Waals surface area (Å²) in [5.41, 5.74) is 2.47. The number of aromatic nitrogens is 1. The first-order valence-electron chi connectivity index (χ1n) is 9.04. The fourth-order valence-electron chi connectivity index (χ4n) is 2.89. The maximum Gasteiger partial charge on any atom is 0.279 e. The highest BCUT2D eigenvalue weighted by Gasteiger charge is 2.13. The Kier molecular flexibility index (Phi) is 6.54. The number of fused-ring (bicyclic) bond motifs is 1. The first-order valence-corrected chi connectivity index (χ1v) is 10.2. The van der Waals surface area contributed by atoms with Crippen molar-refractivity contribution in [3.8, 4) is 5.75 Å².